The minimum atomic E-state index is 0.167. The van der Waals surface area contributed by atoms with Crippen LogP contribution in [0.3, 0.4) is 0 Å². The Morgan fingerprint density at radius 3 is 2.00 bits per heavy atom. The lowest BCUT2D eigenvalue weighted by molar-refractivity contribution is 0.0755. The molecule has 0 bridgehead atoms. The highest BCUT2D eigenvalue weighted by Gasteiger charge is 2.43. The Hall–Kier alpha value is -0.790. The topological polar surface area (TPSA) is 38.4 Å². The molecule has 17 heavy (non-hydrogen) atoms. The van der Waals surface area contributed by atoms with Crippen LogP contribution in [-0.4, -0.2) is 6.21 Å². The molecule has 0 saturated carbocycles. The smallest absolute Gasteiger partial charge is 0.0454 e. The average Bonchev–Trinajstić information content (AvgIpc) is 2.22. The maximum Gasteiger partial charge on any atom is 0.0454 e. The molecule has 2 nitrogen and oxygen atoms in total. The Morgan fingerprint density at radius 1 is 1.06 bits per heavy atom. The van der Waals surface area contributed by atoms with E-state index in [1.165, 1.54) is 0 Å². The first-order valence-electron chi connectivity index (χ1n) is 6.54. The normalized spacial score (nSPS) is 31.0. The largest absolute Gasteiger partial charge is 0.401 e. The number of nitrogens with two attached hydrogens (primary N) is 1. The zero-order chi connectivity index (χ0) is 13.4. The van der Waals surface area contributed by atoms with Gasteiger partial charge in [-0.25, -0.2) is 0 Å². The molecule has 3 atom stereocenters. The summed E-state index contributed by atoms with van der Waals surface area (Å²) in [4.78, 5) is 4.35. The van der Waals surface area contributed by atoms with Crippen LogP contribution in [0.1, 0.15) is 48.5 Å². The summed E-state index contributed by atoms with van der Waals surface area (Å²) in [5.74, 6) is 1.35. The van der Waals surface area contributed by atoms with Crippen molar-refractivity contribution in [2.24, 2.45) is 39.3 Å². The van der Waals surface area contributed by atoms with Crippen molar-refractivity contribution in [2.75, 3.05) is 0 Å². The summed E-state index contributed by atoms with van der Waals surface area (Å²) >= 11 is 0. The predicted molar refractivity (Wildman–Crippen MR) is 75.8 cm³/mol. The second-order valence-corrected chi connectivity index (χ2v) is 7.52. The molecule has 1 aliphatic rings. The molecule has 98 valence electrons. The van der Waals surface area contributed by atoms with E-state index >= 15 is 0 Å². The van der Waals surface area contributed by atoms with Gasteiger partial charge in [-0.05, 0) is 22.7 Å². The third-order valence-corrected chi connectivity index (χ3v) is 3.76. The first-order chi connectivity index (χ1) is 7.55. The first kappa shape index (κ1) is 14.3. The summed E-state index contributed by atoms with van der Waals surface area (Å²) in [5, 5.41) is 0. The molecule has 0 amide bonds. The van der Waals surface area contributed by atoms with Crippen LogP contribution in [0.2, 0.25) is 0 Å². The third kappa shape index (κ3) is 3.11. The standard InChI is InChI=1S/C15H28N2/c1-10-8-17-9-11(16)13(15(5,6)7)12(10)14(2,3)4/h8-10,12-13H,16H2,1-7H3. The molecule has 2 N–H and O–H groups in total. The van der Waals surface area contributed by atoms with Gasteiger partial charge in [-0.2, -0.15) is 0 Å². The van der Waals surface area contributed by atoms with Crippen LogP contribution in [0.25, 0.3) is 0 Å². The Balaban J connectivity index is 3.26. The van der Waals surface area contributed by atoms with Gasteiger partial charge in [0.15, 0.2) is 0 Å². The molecule has 0 spiro atoms. The molecule has 0 radical (unpaired) electrons. The SMILES string of the molecule is CC1C=NC=C(N)C(C(C)(C)C)C1C(C)(C)C. The Morgan fingerprint density at radius 2 is 1.59 bits per heavy atom. The van der Waals surface area contributed by atoms with Crippen LogP contribution >= 0.6 is 0 Å². The molecule has 1 aliphatic heterocycles. The van der Waals surface area contributed by atoms with Gasteiger partial charge < -0.3 is 5.73 Å². The fourth-order valence-electron chi connectivity index (χ4n) is 3.28. The molecular formula is C15H28N2. The van der Waals surface area contributed by atoms with Gasteiger partial charge in [0.05, 0.1) is 0 Å². The van der Waals surface area contributed by atoms with Crippen LogP contribution < -0.4 is 5.73 Å². The Bertz CT molecular complexity index is 326. The van der Waals surface area contributed by atoms with Crippen molar-refractivity contribution in [2.45, 2.75) is 48.5 Å². The van der Waals surface area contributed by atoms with Gasteiger partial charge in [-0.3, -0.25) is 4.99 Å². The molecule has 3 unspecified atom stereocenters. The minimum Gasteiger partial charge on any atom is -0.401 e. The summed E-state index contributed by atoms with van der Waals surface area (Å²) in [7, 11) is 0. The van der Waals surface area contributed by atoms with Gasteiger partial charge in [0, 0.05) is 24.0 Å². The lowest BCUT2D eigenvalue weighted by Crippen LogP contribution is -2.42. The van der Waals surface area contributed by atoms with Gasteiger partial charge >= 0.3 is 0 Å². The maximum atomic E-state index is 6.26. The van der Waals surface area contributed by atoms with Crippen molar-refractivity contribution >= 4 is 6.21 Å². The van der Waals surface area contributed by atoms with Crippen LogP contribution in [0.15, 0.2) is 16.9 Å². The molecule has 2 heteroatoms. The summed E-state index contributed by atoms with van der Waals surface area (Å²) in [5.41, 5.74) is 7.59. The van der Waals surface area contributed by atoms with Crippen molar-refractivity contribution in [3.8, 4) is 0 Å². The van der Waals surface area contributed by atoms with Crippen molar-refractivity contribution in [3.05, 3.63) is 11.9 Å². The molecule has 0 aliphatic carbocycles. The number of hydrogen-bond donors (Lipinski definition) is 1. The summed E-state index contributed by atoms with van der Waals surface area (Å²) in [6, 6.07) is 0. The van der Waals surface area contributed by atoms with E-state index < -0.39 is 0 Å². The number of allylic oxidation sites excluding steroid dienone is 1. The summed E-state index contributed by atoms with van der Waals surface area (Å²) in [6.07, 6.45) is 3.90. The van der Waals surface area contributed by atoms with E-state index in [-0.39, 0.29) is 10.8 Å². The molecule has 1 heterocycles. The van der Waals surface area contributed by atoms with Gasteiger partial charge in [-0.15, -0.1) is 0 Å². The highest BCUT2D eigenvalue weighted by molar-refractivity contribution is 5.62. The zero-order valence-electron chi connectivity index (χ0n) is 12.4. The zero-order valence-corrected chi connectivity index (χ0v) is 12.4. The first-order valence-corrected chi connectivity index (χ1v) is 6.54. The van der Waals surface area contributed by atoms with Crippen molar-refractivity contribution in [1.29, 1.82) is 0 Å². The van der Waals surface area contributed by atoms with E-state index in [9.17, 15) is 0 Å². The lowest BCUT2D eigenvalue weighted by atomic mass is 9.59. The second-order valence-electron chi connectivity index (χ2n) is 7.52. The Labute approximate surface area is 106 Å². The molecule has 0 fully saturated rings. The average molecular weight is 236 g/mol. The molecule has 0 aromatic carbocycles. The Kier molecular flexibility index (Phi) is 3.75. The molecule has 0 aromatic rings. The van der Waals surface area contributed by atoms with Crippen molar-refractivity contribution < 1.29 is 0 Å². The van der Waals surface area contributed by atoms with E-state index in [0.717, 1.165) is 5.70 Å². The van der Waals surface area contributed by atoms with Gasteiger partial charge in [0.2, 0.25) is 0 Å². The summed E-state index contributed by atoms with van der Waals surface area (Å²) in [6.45, 7) is 16.0. The number of hydrogen-bond acceptors (Lipinski definition) is 2. The van der Waals surface area contributed by atoms with Gasteiger partial charge in [0.1, 0.15) is 0 Å². The van der Waals surface area contributed by atoms with Gasteiger partial charge in [0.25, 0.3) is 0 Å². The van der Waals surface area contributed by atoms with Crippen LogP contribution in [-0.2, 0) is 0 Å². The molecular weight excluding hydrogens is 208 g/mol. The van der Waals surface area contributed by atoms with E-state index in [1.54, 1.807) is 0 Å². The van der Waals surface area contributed by atoms with E-state index in [0.29, 0.717) is 17.8 Å². The lowest BCUT2D eigenvalue weighted by Gasteiger charge is -2.45. The van der Waals surface area contributed by atoms with E-state index in [4.69, 9.17) is 5.73 Å². The third-order valence-electron chi connectivity index (χ3n) is 3.76. The van der Waals surface area contributed by atoms with Crippen LogP contribution in [0.5, 0.6) is 0 Å². The van der Waals surface area contributed by atoms with Crippen LogP contribution in [0, 0.1) is 28.6 Å². The number of nitrogens with zero attached hydrogens (tertiary/aromatic N) is 1. The molecule has 1 rings (SSSR count). The monoisotopic (exact) mass is 236 g/mol. The van der Waals surface area contributed by atoms with Gasteiger partial charge in [-0.1, -0.05) is 48.5 Å². The fourth-order valence-corrected chi connectivity index (χ4v) is 3.28. The predicted octanol–water partition coefficient (Wildman–Crippen LogP) is 3.83. The van der Waals surface area contributed by atoms with Crippen molar-refractivity contribution in [1.82, 2.24) is 0 Å². The highest BCUT2D eigenvalue weighted by Crippen LogP contribution is 2.47. The molecule has 0 saturated heterocycles. The fraction of sp³-hybridized carbons (Fsp3) is 0.800. The molecule has 0 aromatic heterocycles. The quantitative estimate of drug-likeness (QED) is 0.682. The second kappa shape index (κ2) is 4.47. The highest BCUT2D eigenvalue weighted by atomic mass is 14.8. The maximum absolute atomic E-state index is 6.26. The van der Waals surface area contributed by atoms with E-state index in [1.807, 2.05) is 6.20 Å². The van der Waals surface area contributed by atoms with E-state index in [2.05, 4.69) is 59.7 Å². The number of aliphatic imine (C=N–C) groups is 1. The minimum absolute atomic E-state index is 0.167. The van der Waals surface area contributed by atoms with Crippen LogP contribution in [0.4, 0.5) is 0 Å². The number of rotatable bonds is 0. The summed E-state index contributed by atoms with van der Waals surface area (Å²) < 4.78 is 0. The van der Waals surface area contributed by atoms with Crippen molar-refractivity contribution in [3.63, 3.8) is 0 Å².